The summed E-state index contributed by atoms with van der Waals surface area (Å²) in [6, 6.07) is 12.4. The predicted molar refractivity (Wildman–Crippen MR) is 111 cm³/mol. The molecule has 2 aromatic rings. The van der Waals surface area contributed by atoms with Crippen LogP contribution in [0.4, 0.5) is 0 Å². The summed E-state index contributed by atoms with van der Waals surface area (Å²) in [6.07, 6.45) is 0. The van der Waals surface area contributed by atoms with Crippen molar-refractivity contribution in [2.24, 2.45) is 0 Å². The van der Waals surface area contributed by atoms with E-state index in [9.17, 15) is 4.79 Å². The number of carbonyl (C=O) groups is 1. The Kier molecular flexibility index (Phi) is 7.06. The lowest BCUT2D eigenvalue weighted by Crippen LogP contribution is -2.36. The van der Waals surface area contributed by atoms with Crippen LogP contribution >= 0.6 is 0 Å². The molecule has 2 aromatic carbocycles. The molecule has 0 spiro atoms. The third-order valence-corrected chi connectivity index (χ3v) is 5.04. The van der Waals surface area contributed by atoms with Gasteiger partial charge in [-0.2, -0.15) is 0 Å². The van der Waals surface area contributed by atoms with Crippen molar-refractivity contribution in [2.45, 2.75) is 33.9 Å². The number of nitrogens with zero attached hydrogens (tertiary/aromatic N) is 1. The molecule has 1 N–H and O–H groups in total. The number of rotatable bonds is 7. The van der Waals surface area contributed by atoms with Gasteiger partial charge < -0.3 is 14.8 Å². The van der Waals surface area contributed by atoms with Crippen LogP contribution < -0.4 is 10.1 Å². The zero-order chi connectivity index (χ0) is 19.9. The van der Waals surface area contributed by atoms with Crippen molar-refractivity contribution in [1.82, 2.24) is 10.2 Å². The zero-order valence-corrected chi connectivity index (χ0v) is 17.1. The van der Waals surface area contributed by atoms with E-state index < -0.39 is 0 Å². The van der Waals surface area contributed by atoms with Crippen molar-refractivity contribution in [3.05, 3.63) is 64.2 Å². The molecule has 28 heavy (non-hydrogen) atoms. The first-order chi connectivity index (χ1) is 13.5. The smallest absolute Gasteiger partial charge is 0.258 e. The molecule has 1 fully saturated rings. The van der Waals surface area contributed by atoms with Crippen LogP contribution in [0.3, 0.4) is 0 Å². The molecular weight excluding hydrogens is 352 g/mol. The number of hydrogen-bond acceptors (Lipinski definition) is 4. The Morgan fingerprint density at radius 3 is 2.39 bits per heavy atom. The normalized spacial score (nSPS) is 14.7. The van der Waals surface area contributed by atoms with Crippen molar-refractivity contribution < 1.29 is 14.3 Å². The van der Waals surface area contributed by atoms with Gasteiger partial charge in [0.25, 0.3) is 5.91 Å². The molecule has 0 aromatic heterocycles. The quantitative estimate of drug-likeness (QED) is 0.799. The van der Waals surface area contributed by atoms with E-state index in [1.807, 2.05) is 26.0 Å². The molecule has 0 saturated carbocycles. The minimum Gasteiger partial charge on any atom is -0.483 e. The van der Waals surface area contributed by atoms with E-state index in [2.05, 4.69) is 41.4 Å². The lowest BCUT2D eigenvalue weighted by molar-refractivity contribution is -0.123. The Balaban J connectivity index is 1.53. The van der Waals surface area contributed by atoms with Gasteiger partial charge in [-0.15, -0.1) is 0 Å². The average Bonchev–Trinajstić information content (AvgIpc) is 2.67. The average molecular weight is 383 g/mol. The number of morpholine rings is 1. The van der Waals surface area contributed by atoms with E-state index >= 15 is 0 Å². The fraction of sp³-hybridized carbons (Fsp3) is 0.435. The van der Waals surface area contributed by atoms with Crippen LogP contribution in [-0.4, -0.2) is 43.7 Å². The van der Waals surface area contributed by atoms with Crippen molar-refractivity contribution >= 4 is 5.91 Å². The van der Waals surface area contributed by atoms with E-state index in [1.54, 1.807) is 0 Å². The van der Waals surface area contributed by atoms with Gasteiger partial charge in [-0.3, -0.25) is 9.69 Å². The molecule has 1 amide bonds. The van der Waals surface area contributed by atoms with Crippen LogP contribution in [0.2, 0.25) is 0 Å². The summed E-state index contributed by atoms with van der Waals surface area (Å²) in [5.41, 5.74) is 5.70. The van der Waals surface area contributed by atoms with Crippen LogP contribution in [0.1, 0.15) is 27.8 Å². The topological polar surface area (TPSA) is 50.8 Å². The minimum absolute atomic E-state index is 0.0242. The number of carbonyl (C=O) groups excluding carboxylic acids is 1. The summed E-state index contributed by atoms with van der Waals surface area (Å²) < 4.78 is 11.2. The summed E-state index contributed by atoms with van der Waals surface area (Å²) in [4.78, 5) is 14.7. The summed E-state index contributed by atoms with van der Waals surface area (Å²) in [5.74, 6) is 0.689. The molecule has 1 heterocycles. The molecule has 0 radical (unpaired) electrons. The van der Waals surface area contributed by atoms with Gasteiger partial charge in [-0.05, 0) is 43.0 Å². The molecule has 5 nitrogen and oxygen atoms in total. The minimum atomic E-state index is -0.111. The summed E-state index contributed by atoms with van der Waals surface area (Å²) in [6.45, 7) is 11.0. The van der Waals surface area contributed by atoms with E-state index in [0.29, 0.717) is 6.54 Å². The van der Waals surface area contributed by atoms with Gasteiger partial charge >= 0.3 is 0 Å². The summed E-state index contributed by atoms with van der Waals surface area (Å²) >= 11 is 0. The first kappa shape index (κ1) is 20.4. The third kappa shape index (κ3) is 5.57. The highest BCUT2D eigenvalue weighted by molar-refractivity contribution is 5.77. The lowest BCUT2D eigenvalue weighted by atomic mass is 10.1. The lowest BCUT2D eigenvalue weighted by Gasteiger charge is -2.27. The van der Waals surface area contributed by atoms with Crippen LogP contribution in [0, 0.1) is 20.8 Å². The van der Waals surface area contributed by atoms with Crippen LogP contribution in [0.15, 0.2) is 36.4 Å². The van der Waals surface area contributed by atoms with Gasteiger partial charge in [0.05, 0.1) is 13.2 Å². The van der Waals surface area contributed by atoms with Gasteiger partial charge in [0.1, 0.15) is 5.75 Å². The molecule has 0 aliphatic carbocycles. The molecular formula is C23H30N2O3. The fourth-order valence-electron chi connectivity index (χ4n) is 3.66. The highest BCUT2D eigenvalue weighted by atomic mass is 16.5. The summed E-state index contributed by atoms with van der Waals surface area (Å²) in [5, 5.41) is 2.99. The van der Waals surface area contributed by atoms with Crippen molar-refractivity contribution in [3.63, 3.8) is 0 Å². The zero-order valence-electron chi connectivity index (χ0n) is 17.1. The predicted octanol–water partition coefficient (Wildman–Crippen LogP) is 3.14. The molecule has 0 unspecified atom stereocenters. The van der Waals surface area contributed by atoms with E-state index in [1.165, 1.54) is 11.1 Å². The van der Waals surface area contributed by atoms with Crippen LogP contribution in [-0.2, 0) is 22.6 Å². The van der Waals surface area contributed by atoms with Gasteiger partial charge in [-0.1, -0.05) is 42.0 Å². The standard InChI is InChI=1S/C23H30N2O3/c1-17-12-18(2)23(19(3)13-17)28-16-22(26)24-14-20-6-4-5-7-21(20)15-25-8-10-27-11-9-25/h4-7,12-13H,8-11,14-16H2,1-3H3,(H,24,26). The number of ether oxygens (including phenoxy) is 2. The van der Waals surface area contributed by atoms with Crippen molar-refractivity contribution in [3.8, 4) is 5.75 Å². The van der Waals surface area contributed by atoms with Crippen molar-refractivity contribution in [2.75, 3.05) is 32.9 Å². The largest absolute Gasteiger partial charge is 0.483 e. The SMILES string of the molecule is Cc1cc(C)c(OCC(=O)NCc2ccccc2CN2CCOCC2)c(C)c1. The first-order valence-electron chi connectivity index (χ1n) is 9.87. The second kappa shape index (κ2) is 9.71. The van der Waals surface area contributed by atoms with E-state index in [4.69, 9.17) is 9.47 Å². The molecule has 3 rings (SSSR count). The molecule has 1 aliphatic heterocycles. The highest BCUT2D eigenvalue weighted by Gasteiger charge is 2.13. The maximum Gasteiger partial charge on any atom is 0.258 e. The van der Waals surface area contributed by atoms with E-state index in [0.717, 1.165) is 55.3 Å². The number of nitrogens with one attached hydrogen (secondary N) is 1. The first-order valence-corrected chi connectivity index (χ1v) is 9.87. The maximum absolute atomic E-state index is 12.3. The number of amides is 1. The highest BCUT2D eigenvalue weighted by Crippen LogP contribution is 2.24. The Morgan fingerprint density at radius 1 is 1.07 bits per heavy atom. The van der Waals surface area contributed by atoms with Gasteiger partial charge in [0.2, 0.25) is 0 Å². The second-order valence-electron chi connectivity index (χ2n) is 7.45. The fourth-order valence-corrected chi connectivity index (χ4v) is 3.66. The monoisotopic (exact) mass is 382 g/mol. The Bertz CT molecular complexity index is 790. The maximum atomic E-state index is 12.3. The molecule has 0 bridgehead atoms. The van der Waals surface area contributed by atoms with Crippen LogP contribution in [0.25, 0.3) is 0 Å². The van der Waals surface area contributed by atoms with E-state index in [-0.39, 0.29) is 12.5 Å². The Morgan fingerprint density at radius 2 is 1.71 bits per heavy atom. The van der Waals surface area contributed by atoms with Gasteiger partial charge in [0, 0.05) is 26.2 Å². The van der Waals surface area contributed by atoms with Gasteiger partial charge in [-0.25, -0.2) is 0 Å². The third-order valence-electron chi connectivity index (χ3n) is 5.04. The van der Waals surface area contributed by atoms with Crippen molar-refractivity contribution in [1.29, 1.82) is 0 Å². The molecule has 1 saturated heterocycles. The number of hydrogen-bond donors (Lipinski definition) is 1. The molecule has 1 aliphatic rings. The molecule has 150 valence electrons. The Labute approximate surface area is 167 Å². The van der Waals surface area contributed by atoms with Crippen LogP contribution in [0.5, 0.6) is 5.75 Å². The summed E-state index contributed by atoms with van der Waals surface area (Å²) in [7, 11) is 0. The second-order valence-corrected chi connectivity index (χ2v) is 7.45. The number of aryl methyl sites for hydroxylation is 3. The van der Waals surface area contributed by atoms with Gasteiger partial charge in [0.15, 0.2) is 6.61 Å². The molecule has 5 heteroatoms. The Hall–Kier alpha value is -2.37. The molecule has 0 atom stereocenters. The number of benzene rings is 2.